The van der Waals surface area contributed by atoms with E-state index >= 15 is 0 Å². The summed E-state index contributed by atoms with van der Waals surface area (Å²) in [5.74, 6) is -0.0702. The Morgan fingerprint density at radius 1 is 1.17 bits per heavy atom. The third kappa shape index (κ3) is 3.79. The van der Waals surface area contributed by atoms with E-state index in [0.717, 1.165) is 26.5 Å². The van der Waals surface area contributed by atoms with Crippen molar-refractivity contribution in [2.45, 2.75) is 11.7 Å². The zero-order valence-corrected chi connectivity index (χ0v) is 16.8. The molecule has 2 aromatic heterocycles. The number of rotatable bonds is 7. The van der Waals surface area contributed by atoms with E-state index in [1.807, 2.05) is 34.9 Å². The summed E-state index contributed by atoms with van der Waals surface area (Å²) in [5, 5.41) is 8.92. The van der Waals surface area contributed by atoms with Crippen molar-refractivity contribution in [1.29, 1.82) is 0 Å². The van der Waals surface area contributed by atoms with Crippen LogP contribution in [-0.4, -0.2) is 35.4 Å². The van der Waals surface area contributed by atoms with Gasteiger partial charge in [-0.25, -0.2) is 4.79 Å². The molecule has 0 unspecified atom stereocenters. The fourth-order valence-electron chi connectivity index (χ4n) is 2.81. The first kappa shape index (κ1) is 20.3. The molecule has 1 aromatic carbocycles. The molecule has 0 saturated carbocycles. The van der Waals surface area contributed by atoms with Crippen molar-refractivity contribution >= 4 is 23.4 Å². The molecule has 3 rings (SSSR count). The van der Waals surface area contributed by atoms with Gasteiger partial charge in [-0.3, -0.25) is 23.3 Å². The number of hydrogen-bond donors (Lipinski definition) is 1. The van der Waals surface area contributed by atoms with Crippen LogP contribution in [0.25, 0.3) is 11.4 Å². The first-order valence-corrected chi connectivity index (χ1v) is 9.66. The molecule has 9 nitrogen and oxygen atoms in total. The molecule has 29 heavy (non-hydrogen) atoms. The molecule has 2 heterocycles. The van der Waals surface area contributed by atoms with Gasteiger partial charge >= 0.3 is 5.69 Å². The minimum Gasteiger partial charge on any atom is -0.384 e. The standard InChI is InChI=1S/C19H20N6O3S/c1-4-10-25-16(12-8-6-5-7-9-12)21-22-18(25)29-11-13(26)14-15(20)23(2)19(28)24(3)17(14)27/h4-9H,1,10-11,20H2,2-3H3. The van der Waals surface area contributed by atoms with E-state index in [-0.39, 0.29) is 17.1 Å². The van der Waals surface area contributed by atoms with E-state index in [1.54, 1.807) is 6.08 Å². The number of Topliss-reactive ketones (excluding diaryl/α,β-unsaturated/α-hetero) is 1. The van der Waals surface area contributed by atoms with Crippen LogP contribution in [-0.2, 0) is 20.6 Å². The van der Waals surface area contributed by atoms with Crippen molar-refractivity contribution in [2.75, 3.05) is 11.5 Å². The molecule has 0 amide bonds. The van der Waals surface area contributed by atoms with E-state index in [9.17, 15) is 14.4 Å². The lowest BCUT2D eigenvalue weighted by Gasteiger charge is -2.11. The maximum Gasteiger partial charge on any atom is 0.332 e. The molecular formula is C19H20N6O3S. The molecule has 0 atom stereocenters. The Morgan fingerprint density at radius 3 is 2.52 bits per heavy atom. The number of nitrogens with zero attached hydrogens (tertiary/aromatic N) is 5. The number of thioether (sulfide) groups is 1. The van der Waals surface area contributed by atoms with Crippen LogP contribution in [0.3, 0.4) is 0 Å². The Hall–Kier alpha value is -3.40. The molecule has 3 aromatic rings. The number of ketones is 1. The lowest BCUT2D eigenvalue weighted by atomic mass is 10.2. The van der Waals surface area contributed by atoms with Gasteiger partial charge in [0.15, 0.2) is 16.8 Å². The molecule has 10 heteroatoms. The van der Waals surface area contributed by atoms with Crippen LogP contribution in [0.15, 0.2) is 57.7 Å². The Bertz CT molecular complexity index is 1190. The molecule has 0 fully saturated rings. The summed E-state index contributed by atoms with van der Waals surface area (Å²) in [7, 11) is 2.72. The van der Waals surface area contributed by atoms with E-state index in [4.69, 9.17) is 5.73 Å². The fourth-order valence-corrected chi connectivity index (χ4v) is 3.63. The summed E-state index contributed by atoms with van der Waals surface area (Å²) in [6.07, 6.45) is 1.71. The van der Waals surface area contributed by atoms with Crippen LogP contribution in [0.5, 0.6) is 0 Å². The Kier molecular flexibility index (Phi) is 5.83. The van der Waals surface area contributed by atoms with Crippen LogP contribution in [0.2, 0.25) is 0 Å². The zero-order valence-electron chi connectivity index (χ0n) is 16.0. The summed E-state index contributed by atoms with van der Waals surface area (Å²) >= 11 is 1.14. The third-order valence-electron chi connectivity index (χ3n) is 4.38. The lowest BCUT2D eigenvalue weighted by molar-refractivity contribution is 0.102. The number of hydrogen-bond acceptors (Lipinski definition) is 7. The fraction of sp³-hybridized carbons (Fsp3) is 0.211. The van der Waals surface area contributed by atoms with Gasteiger partial charge in [0.05, 0.1) is 5.75 Å². The molecule has 0 saturated heterocycles. The maximum atomic E-state index is 12.7. The highest BCUT2D eigenvalue weighted by Crippen LogP contribution is 2.24. The van der Waals surface area contributed by atoms with Crippen molar-refractivity contribution < 1.29 is 4.79 Å². The maximum absolute atomic E-state index is 12.7. The topological polar surface area (TPSA) is 118 Å². The number of aromatic nitrogens is 5. The van der Waals surface area contributed by atoms with Gasteiger partial charge in [-0.15, -0.1) is 16.8 Å². The second-order valence-electron chi connectivity index (χ2n) is 6.25. The summed E-state index contributed by atoms with van der Waals surface area (Å²) < 4.78 is 3.78. The quantitative estimate of drug-likeness (QED) is 0.350. The smallest absolute Gasteiger partial charge is 0.332 e. The average Bonchev–Trinajstić information content (AvgIpc) is 3.13. The van der Waals surface area contributed by atoms with Crippen LogP contribution >= 0.6 is 11.8 Å². The van der Waals surface area contributed by atoms with E-state index in [2.05, 4.69) is 16.8 Å². The van der Waals surface area contributed by atoms with Crippen molar-refractivity contribution in [1.82, 2.24) is 23.9 Å². The monoisotopic (exact) mass is 412 g/mol. The summed E-state index contributed by atoms with van der Waals surface area (Å²) in [6, 6.07) is 9.54. The van der Waals surface area contributed by atoms with E-state index in [0.29, 0.717) is 17.5 Å². The molecule has 0 aliphatic carbocycles. The third-order valence-corrected chi connectivity index (χ3v) is 5.35. The molecule has 150 valence electrons. The molecule has 0 aliphatic heterocycles. The van der Waals surface area contributed by atoms with Gasteiger partial charge in [-0.05, 0) is 0 Å². The first-order chi connectivity index (χ1) is 13.9. The molecule has 2 N–H and O–H groups in total. The van der Waals surface area contributed by atoms with Crippen molar-refractivity contribution in [3.05, 3.63) is 69.4 Å². The van der Waals surface area contributed by atoms with Gasteiger partial charge in [0.25, 0.3) is 5.56 Å². The number of allylic oxidation sites excluding steroid dienone is 1. The normalized spacial score (nSPS) is 10.8. The van der Waals surface area contributed by atoms with Crippen molar-refractivity contribution in [3.63, 3.8) is 0 Å². The Labute approximate surface area is 170 Å². The molecule has 0 radical (unpaired) electrons. The lowest BCUT2D eigenvalue weighted by Crippen LogP contribution is -2.41. The summed E-state index contributed by atoms with van der Waals surface area (Å²) in [6.45, 7) is 4.22. The van der Waals surface area contributed by atoms with Crippen LogP contribution in [0.4, 0.5) is 5.82 Å². The van der Waals surface area contributed by atoms with Crippen LogP contribution in [0.1, 0.15) is 10.4 Å². The Balaban J connectivity index is 1.91. The molecule has 0 spiro atoms. The van der Waals surface area contributed by atoms with Gasteiger partial charge in [0, 0.05) is 26.2 Å². The van der Waals surface area contributed by atoms with E-state index in [1.165, 1.54) is 14.1 Å². The van der Waals surface area contributed by atoms with Crippen molar-refractivity contribution in [2.24, 2.45) is 14.1 Å². The van der Waals surface area contributed by atoms with Gasteiger partial charge in [0.1, 0.15) is 11.4 Å². The van der Waals surface area contributed by atoms with Crippen molar-refractivity contribution in [3.8, 4) is 11.4 Å². The number of nitrogen functional groups attached to an aromatic ring is 1. The average molecular weight is 412 g/mol. The van der Waals surface area contributed by atoms with E-state index < -0.39 is 17.0 Å². The number of nitrogens with two attached hydrogens (primary N) is 1. The predicted octanol–water partition coefficient (Wildman–Crippen LogP) is 1.09. The van der Waals surface area contributed by atoms with Crippen LogP contribution < -0.4 is 17.0 Å². The number of carbonyl (C=O) groups excluding carboxylic acids is 1. The highest BCUT2D eigenvalue weighted by atomic mass is 32.2. The molecule has 0 bridgehead atoms. The highest BCUT2D eigenvalue weighted by molar-refractivity contribution is 7.99. The predicted molar refractivity (Wildman–Crippen MR) is 112 cm³/mol. The first-order valence-electron chi connectivity index (χ1n) is 8.67. The van der Waals surface area contributed by atoms with Gasteiger partial charge in [-0.2, -0.15) is 0 Å². The van der Waals surface area contributed by atoms with Gasteiger partial charge < -0.3 is 5.73 Å². The molecular weight excluding hydrogens is 392 g/mol. The number of anilines is 1. The SMILES string of the molecule is C=CCn1c(SCC(=O)c2c(N)n(C)c(=O)n(C)c2=O)nnc1-c1ccccc1. The summed E-state index contributed by atoms with van der Waals surface area (Å²) in [4.78, 5) is 37.0. The highest BCUT2D eigenvalue weighted by Gasteiger charge is 2.22. The number of carbonyl (C=O) groups is 1. The minimum atomic E-state index is -0.714. The van der Waals surface area contributed by atoms with Gasteiger partial charge in [-0.1, -0.05) is 48.2 Å². The molecule has 0 aliphatic rings. The zero-order chi connectivity index (χ0) is 21.1. The minimum absolute atomic E-state index is 0.0816. The summed E-state index contributed by atoms with van der Waals surface area (Å²) in [5.41, 5.74) is 5.23. The Morgan fingerprint density at radius 2 is 1.86 bits per heavy atom. The second kappa shape index (κ2) is 8.31. The van der Waals surface area contributed by atoms with Gasteiger partial charge in [0.2, 0.25) is 0 Å². The second-order valence-corrected chi connectivity index (χ2v) is 7.19. The van der Waals surface area contributed by atoms with Crippen LogP contribution in [0, 0.1) is 0 Å². The largest absolute Gasteiger partial charge is 0.384 e. The number of benzene rings is 1.